The number of thioether (sulfide) groups is 1. The molecule has 0 radical (unpaired) electrons. The van der Waals surface area contributed by atoms with E-state index in [1.54, 1.807) is 16.0 Å². The molecule has 0 aliphatic rings. The molecule has 2 heterocycles. The van der Waals surface area contributed by atoms with E-state index in [0.29, 0.717) is 11.7 Å². The van der Waals surface area contributed by atoms with Crippen molar-refractivity contribution in [2.45, 2.75) is 31.1 Å². The van der Waals surface area contributed by atoms with Crippen LogP contribution in [0.3, 0.4) is 0 Å². The summed E-state index contributed by atoms with van der Waals surface area (Å²) in [6, 6.07) is 14.0. The Morgan fingerprint density at radius 1 is 1.28 bits per heavy atom. The van der Waals surface area contributed by atoms with Crippen molar-refractivity contribution in [3.63, 3.8) is 0 Å². The molecular weight excluding hydrogens is 354 g/mol. The molecule has 2 aromatic heterocycles. The number of tetrazole rings is 1. The van der Waals surface area contributed by atoms with Gasteiger partial charge in [-0.25, -0.2) is 4.68 Å². The van der Waals surface area contributed by atoms with Crippen molar-refractivity contribution in [1.82, 2.24) is 25.5 Å². The number of carbonyl (C=O) groups is 1. The van der Waals surface area contributed by atoms with Gasteiger partial charge in [-0.05, 0) is 34.4 Å². The zero-order chi connectivity index (χ0) is 17.5. The van der Waals surface area contributed by atoms with E-state index in [9.17, 15) is 4.79 Å². The molecule has 8 heteroatoms. The van der Waals surface area contributed by atoms with E-state index >= 15 is 0 Å². The van der Waals surface area contributed by atoms with Crippen molar-refractivity contribution in [2.75, 3.05) is 5.75 Å². The summed E-state index contributed by atoms with van der Waals surface area (Å²) in [5.41, 5.74) is 1.08. The van der Waals surface area contributed by atoms with E-state index in [0.717, 1.165) is 12.0 Å². The van der Waals surface area contributed by atoms with Crippen LogP contribution in [-0.4, -0.2) is 31.9 Å². The van der Waals surface area contributed by atoms with E-state index < -0.39 is 0 Å². The van der Waals surface area contributed by atoms with Gasteiger partial charge in [0.05, 0.1) is 18.3 Å². The quantitative estimate of drug-likeness (QED) is 0.615. The first-order valence-corrected chi connectivity index (χ1v) is 9.84. The minimum atomic E-state index is -0.0332. The van der Waals surface area contributed by atoms with Crippen molar-refractivity contribution in [2.24, 2.45) is 0 Å². The Kier molecular flexibility index (Phi) is 6.19. The lowest BCUT2D eigenvalue weighted by Gasteiger charge is -2.13. The van der Waals surface area contributed by atoms with Gasteiger partial charge < -0.3 is 5.32 Å². The number of aromatic nitrogens is 4. The maximum Gasteiger partial charge on any atom is 0.230 e. The van der Waals surface area contributed by atoms with Crippen LogP contribution < -0.4 is 5.32 Å². The zero-order valence-corrected chi connectivity index (χ0v) is 15.5. The van der Waals surface area contributed by atoms with Gasteiger partial charge in [-0.1, -0.05) is 48.2 Å². The lowest BCUT2D eigenvalue weighted by molar-refractivity contribution is -0.119. The van der Waals surface area contributed by atoms with Crippen LogP contribution in [-0.2, 0) is 17.8 Å². The molecular formula is C17H19N5OS2. The van der Waals surface area contributed by atoms with Gasteiger partial charge in [0.2, 0.25) is 11.1 Å². The molecule has 1 N–H and O–H groups in total. The van der Waals surface area contributed by atoms with Crippen LogP contribution in [0.2, 0.25) is 0 Å². The molecule has 0 saturated heterocycles. The third kappa shape index (κ3) is 5.14. The van der Waals surface area contributed by atoms with Crippen LogP contribution in [0.1, 0.15) is 23.4 Å². The molecule has 1 unspecified atom stereocenters. The highest BCUT2D eigenvalue weighted by Crippen LogP contribution is 2.17. The number of nitrogens with one attached hydrogen (secondary N) is 1. The number of hydrogen-bond acceptors (Lipinski definition) is 6. The predicted molar refractivity (Wildman–Crippen MR) is 99.6 cm³/mol. The van der Waals surface area contributed by atoms with Crippen LogP contribution >= 0.6 is 23.1 Å². The van der Waals surface area contributed by atoms with Crippen molar-refractivity contribution < 1.29 is 4.79 Å². The Bertz CT molecular complexity index is 788. The van der Waals surface area contributed by atoms with Crippen molar-refractivity contribution in [3.8, 4) is 0 Å². The summed E-state index contributed by atoms with van der Waals surface area (Å²) in [6.45, 7) is 2.68. The summed E-state index contributed by atoms with van der Waals surface area (Å²) in [7, 11) is 0. The molecule has 6 nitrogen and oxygen atoms in total. The molecule has 25 heavy (non-hydrogen) atoms. The van der Waals surface area contributed by atoms with Gasteiger partial charge in [0.15, 0.2) is 0 Å². The number of benzene rings is 1. The highest BCUT2D eigenvalue weighted by molar-refractivity contribution is 7.99. The summed E-state index contributed by atoms with van der Waals surface area (Å²) in [5, 5.41) is 17.5. The maximum atomic E-state index is 12.2. The van der Waals surface area contributed by atoms with Crippen LogP contribution in [0.4, 0.5) is 0 Å². The number of nitrogens with zero attached hydrogens (tertiary/aromatic N) is 4. The fourth-order valence-electron chi connectivity index (χ4n) is 2.35. The first-order chi connectivity index (χ1) is 12.2. The van der Waals surface area contributed by atoms with Crippen LogP contribution in [0.5, 0.6) is 0 Å². The SMILES string of the molecule is CC(NC(=O)CSc1nnnn1CCc1cccs1)c1ccccc1. The van der Waals surface area contributed by atoms with E-state index in [1.807, 2.05) is 43.3 Å². The average Bonchev–Trinajstić information content (AvgIpc) is 3.30. The van der Waals surface area contributed by atoms with E-state index in [1.165, 1.54) is 16.6 Å². The van der Waals surface area contributed by atoms with Gasteiger partial charge in [0, 0.05) is 11.3 Å². The van der Waals surface area contributed by atoms with E-state index in [4.69, 9.17) is 0 Å². The standard InChI is InChI=1S/C17H19N5OS2/c1-13(14-6-3-2-4-7-14)18-16(23)12-25-17-19-20-21-22(17)10-9-15-8-5-11-24-15/h2-8,11,13H,9-10,12H2,1H3,(H,18,23). The summed E-state index contributed by atoms with van der Waals surface area (Å²) >= 11 is 3.08. The number of thiophene rings is 1. The third-order valence-electron chi connectivity index (χ3n) is 3.66. The minimum absolute atomic E-state index is 0.0240. The summed E-state index contributed by atoms with van der Waals surface area (Å²) in [6.07, 6.45) is 0.882. The van der Waals surface area contributed by atoms with Crippen molar-refractivity contribution in [1.29, 1.82) is 0 Å². The van der Waals surface area contributed by atoms with Gasteiger partial charge >= 0.3 is 0 Å². The number of carbonyl (C=O) groups excluding carboxylic acids is 1. The molecule has 0 fully saturated rings. The molecule has 0 bridgehead atoms. The topological polar surface area (TPSA) is 72.7 Å². The van der Waals surface area contributed by atoms with Crippen LogP contribution in [0.25, 0.3) is 0 Å². The first kappa shape index (κ1) is 17.6. The second-order valence-corrected chi connectivity index (χ2v) is 7.48. The maximum absolute atomic E-state index is 12.2. The highest BCUT2D eigenvalue weighted by Gasteiger charge is 2.13. The summed E-state index contributed by atoms with van der Waals surface area (Å²) in [4.78, 5) is 13.5. The van der Waals surface area contributed by atoms with Gasteiger partial charge in [-0.15, -0.1) is 16.4 Å². The Hall–Kier alpha value is -2.19. The largest absolute Gasteiger partial charge is 0.349 e. The molecule has 0 saturated carbocycles. The molecule has 3 aromatic rings. The minimum Gasteiger partial charge on any atom is -0.349 e. The van der Waals surface area contributed by atoms with Gasteiger partial charge in [0.1, 0.15) is 0 Å². The number of aryl methyl sites for hydroxylation is 2. The molecule has 1 aromatic carbocycles. The Labute approximate surface area is 154 Å². The first-order valence-electron chi connectivity index (χ1n) is 7.98. The van der Waals surface area contributed by atoms with E-state index in [-0.39, 0.29) is 17.7 Å². The third-order valence-corrected chi connectivity index (χ3v) is 5.55. The van der Waals surface area contributed by atoms with Gasteiger partial charge in [-0.2, -0.15) is 0 Å². The fraction of sp³-hybridized carbons (Fsp3) is 0.294. The van der Waals surface area contributed by atoms with Crippen molar-refractivity contribution >= 4 is 29.0 Å². The normalized spacial score (nSPS) is 12.0. The second kappa shape index (κ2) is 8.77. The van der Waals surface area contributed by atoms with Crippen molar-refractivity contribution in [3.05, 3.63) is 58.3 Å². The molecule has 1 amide bonds. The Morgan fingerprint density at radius 3 is 2.88 bits per heavy atom. The van der Waals surface area contributed by atoms with Gasteiger partial charge in [-0.3, -0.25) is 4.79 Å². The second-order valence-electron chi connectivity index (χ2n) is 5.50. The molecule has 0 aliphatic heterocycles. The molecule has 0 spiro atoms. The zero-order valence-electron chi connectivity index (χ0n) is 13.8. The summed E-state index contributed by atoms with van der Waals surface area (Å²) < 4.78 is 1.75. The number of amides is 1. The molecule has 0 aliphatic carbocycles. The van der Waals surface area contributed by atoms with E-state index in [2.05, 4.69) is 32.3 Å². The number of rotatable bonds is 8. The number of hydrogen-bond donors (Lipinski definition) is 1. The predicted octanol–water partition coefficient (Wildman–Crippen LogP) is 2.95. The smallest absolute Gasteiger partial charge is 0.230 e. The molecule has 130 valence electrons. The lowest BCUT2D eigenvalue weighted by atomic mass is 10.1. The highest BCUT2D eigenvalue weighted by atomic mass is 32.2. The van der Waals surface area contributed by atoms with Gasteiger partial charge in [0.25, 0.3) is 0 Å². The van der Waals surface area contributed by atoms with Crippen LogP contribution in [0, 0.1) is 0 Å². The fourth-order valence-corrected chi connectivity index (χ4v) is 3.76. The average molecular weight is 374 g/mol. The Morgan fingerprint density at radius 2 is 2.12 bits per heavy atom. The molecule has 3 rings (SSSR count). The lowest BCUT2D eigenvalue weighted by Crippen LogP contribution is -2.28. The summed E-state index contributed by atoms with van der Waals surface area (Å²) in [5.74, 6) is 0.255. The van der Waals surface area contributed by atoms with Crippen LogP contribution in [0.15, 0.2) is 53.0 Å². The monoisotopic (exact) mass is 373 g/mol. The Balaban J connectivity index is 1.48. The molecule has 1 atom stereocenters.